The van der Waals surface area contributed by atoms with Crippen LogP contribution in [-0.2, 0) is 10.0 Å². The van der Waals surface area contributed by atoms with Crippen molar-refractivity contribution < 1.29 is 8.42 Å². The number of nitrogens with zero attached hydrogens (tertiary/aromatic N) is 2. The summed E-state index contributed by atoms with van der Waals surface area (Å²) in [6.07, 6.45) is 1.87. The van der Waals surface area contributed by atoms with Crippen LogP contribution < -0.4 is 5.32 Å². The van der Waals surface area contributed by atoms with Gasteiger partial charge in [0.2, 0.25) is 10.0 Å². The van der Waals surface area contributed by atoms with Crippen LogP contribution >= 0.6 is 0 Å². The van der Waals surface area contributed by atoms with E-state index in [1.165, 1.54) is 5.56 Å². The van der Waals surface area contributed by atoms with Gasteiger partial charge < -0.3 is 5.32 Å². The summed E-state index contributed by atoms with van der Waals surface area (Å²) in [5.41, 5.74) is 2.07. The Morgan fingerprint density at radius 2 is 1.79 bits per heavy atom. The first-order chi connectivity index (χ1) is 13.5. The maximum Gasteiger partial charge on any atom is 0.243 e. The van der Waals surface area contributed by atoms with Crippen LogP contribution in [0.3, 0.4) is 0 Å². The Kier molecular flexibility index (Phi) is 5.33. The zero-order chi connectivity index (χ0) is 19.6. The molecule has 1 fully saturated rings. The molecule has 0 aliphatic carbocycles. The number of hydrogen-bond donors (Lipinski definition) is 1. The molecule has 1 aliphatic heterocycles. The molecular formula is C22H25N3O2S. The first-order valence-electron chi connectivity index (χ1n) is 9.74. The maximum atomic E-state index is 12.8. The minimum atomic E-state index is -3.40. The van der Waals surface area contributed by atoms with Crippen LogP contribution in [0, 0.1) is 0 Å². The number of benzene rings is 2. The summed E-state index contributed by atoms with van der Waals surface area (Å²) in [7, 11) is -3.40. The average molecular weight is 396 g/mol. The maximum absolute atomic E-state index is 12.8. The third-order valence-corrected chi connectivity index (χ3v) is 7.22. The summed E-state index contributed by atoms with van der Waals surface area (Å²) in [6, 6.07) is 19.4. The Morgan fingerprint density at radius 3 is 2.54 bits per heavy atom. The molecule has 1 N–H and O–H groups in total. The summed E-state index contributed by atoms with van der Waals surface area (Å²) < 4.78 is 27.1. The molecule has 2 heterocycles. The van der Waals surface area contributed by atoms with Gasteiger partial charge in [0.25, 0.3) is 0 Å². The van der Waals surface area contributed by atoms with Crippen molar-refractivity contribution in [3.05, 3.63) is 66.2 Å². The van der Waals surface area contributed by atoms with Gasteiger partial charge >= 0.3 is 0 Å². The highest BCUT2D eigenvalue weighted by Crippen LogP contribution is 2.25. The molecule has 0 spiro atoms. The Labute approximate surface area is 166 Å². The summed E-state index contributed by atoms with van der Waals surface area (Å²) in [4.78, 5) is 4.99. The molecule has 1 saturated heterocycles. The molecule has 1 aliphatic rings. The lowest BCUT2D eigenvalue weighted by molar-refractivity contribution is 0.477. The van der Waals surface area contributed by atoms with Gasteiger partial charge in [0.05, 0.1) is 10.4 Å². The fourth-order valence-corrected chi connectivity index (χ4v) is 5.15. The molecule has 0 radical (unpaired) electrons. The topological polar surface area (TPSA) is 62.3 Å². The van der Waals surface area contributed by atoms with Crippen molar-refractivity contribution in [3.63, 3.8) is 0 Å². The molecule has 4 rings (SSSR count). The molecule has 1 atom stereocenters. The lowest BCUT2D eigenvalue weighted by Gasteiger charge is -2.16. The summed E-state index contributed by atoms with van der Waals surface area (Å²) in [5, 5.41) is 4.22. The highest BCUT2D eigenvalue weighted by atomic mass is 32.2. The van der Waals surface area contributed by atoms with Crippen LogP contribution in [0.4, 0.5) is 5.82 Å². The quantitative estimate of drug-likeness (QED) is 0.678. The minimum Gasteiger partial charge on any atom is -0.369 e. The van der Waals surface area contributed by atoms with Crippen molar-refractivity contribution in [2.45, 2.75) is 30.6 Å². The van der Waals surface area contributed by atoms with E-state index < -0.39 is 10.0 Å². The number of pyridine rings is 1. The number of rotatable bonds is 6. The number of anilines is 1. The van der Waals surface area contributed by atoms with Crippen LogP contribution in [0.5, 0.6) is 0 Å². The van der Waals surface area contributed by atoms with E-state index >= 15 is 0 Å². The Morgan fingerprint density at radius 1 is 1.04 bits per heavy atom. The Balaban J connectivity index is 1.50. The van der Waals surface area contributed by atoms with Gasteiger partial charge in [0.15, 0.2) is 0 Å². The molecule has 5 nitrogen and oxygen atoms in total. The third kappa shape index (κ3) is 3.88. The molecule has 6 heteroatoms. The van der Waals surface area contributed by atoms with E-state index in [4.69, 9.17) is 0 Å². The van der Waals surface area contributed by atoms with Gasteiger partial charge in [-0.05, 0) is 54.7 Å². The van der Waals surface area contributed by atoms with Crippen molar-refractivity contribution in [2.24, 2.45) is 0 Å². The normalized spacial score (nSPS) is 16.3. The van der Waals surface area contributed by atoms with Crippen molar-refractivity contribution in [2.75, 3.05) is 25.0 Å². The monoisotopic (exact) mass is 395 g/mol. The van der Waals surface area contributed by atoms with E-state index in [0.717, 1.165) is 36.1 Å². The first kappa shape index (κ1) is 18.9. The molecule has 0 bridgehead atoms. The first-order valence-corrected chi connectivity index (χ1v) is 11.2. The van der Waals surface area contributed by atoms with Crippen LogP contribution in [-0.4, -0.2) is 37.3 Å². The van der Waals surface area contributed by atoms with Gasteiger partial charge in [-0.2, -0.15) is 4.31 Å². The van der Waals surface area contributed by atoms with Crippen molar-refractivity contribution in [1.82, 2.24) is 9.29 Å². The predicted octanol–water partition coefficient (Wildman–Crippen LogP) is 4.23. The Hall–Kier alpha value is -2.44. The van der Waals surface area contributed by atoms with Gasteiger partial charge in [-0.1, -0.05) is 37.3 Å². The van der Waals surface area contributed by atoms with Gasteiger partial charge in [-0.3, -0.25) is 0 Å². The third-order valence-electron chi connectivity index (χ3n) is 5.32. The molecule has 0 amide bonds. The van der Waals surface area contributed by atoms with E-state index in [0.29, 0.717) is 23.9 Å². The van der Waals surface area contributed by atoms with E-state index in [1.807, 2.05) is 30.3 Å². The fourth-order valence-electron chi connectivity index (χ4n) is 3.60. The highest BCUT2D eigenvalue weighted by Gasteiger charge is 2.27. The van der Waals surface area contributed by atoms with Gasteiger partial charge in [0, 0.05) is 25.0 Å². The number of sulfonamides is 1. The lowest BCUT2D eigenvalue weighted by atomic mass is 10.0. The van der Waals surface area contributed by atoms with Crippen molar-refractivity contribution in [3.8, 4) is 0 Å². The van der Waals surface area contributed by atoms with Crippen molar-refractivity contribution in [1.29, 1.82) is 0 Å². The second-order valence-electron chi connectivity index (χ2n) is 7.35. The van der Waals surface area contributed by atoms with Crippen LogP contribution in [0.1, 0.15) is 31.2 Å². The summed E-state index contributed by atoms with van der Waals surface area (Å²) in [6.45, 7) is 4.19. The molecule has 0 saturated carbocycles. The largest absolute Gasteiger partial charge is 0.369 e. The number of aromatic nitrogens is 1. The van der Waals surface area contributed by atoms with Gasteiger partial charge in [0.1, 0.15) is 5.82 Å². The molecule has 146 valence electrons. The SMILES string of the molecule is CC(CNc1ccc2cc(S(=O)(=O)N3CCCC3)ccc2n1)c1ccccc1. The average Bonchev–Trinajstić information content (AvgIpc) is 3.28. The second-order valence-corrected chi connectivity index (χ2v) is 9.29. The summed E-state index contributed by atoms with van der Waals surface area (Å²) in [5.74, 6) is 1.16. The molecule has 1 aromatic heterocycles. The van der Waals surface area contributed by atoms with E-state index in [2.05, 4.69) is 29.4 Å². The van der Waals surface area contributed by atoms with E-state index in [-0.39, 0.29) is 0 Å². The zero-order valence-electron chi connectivity index (χ0n) is 16.0. The van der Waals surface area contributed by atoms with Crippen LogP contribution in [0.2, 0.25) is 0 Å². The number of nitrogens with one attached hydrogen (secondary N) is 1. The predicted molar refractivity (Wildman–Crippen MR) is 113 cm³/mol. The van der Waals surface area contributed by atoms with Crippen molar-refractivity contribution >= 4 is 26.7 Å². The van der Waals surface area contributed by atoms with E-state index in [1.54, 1.807) is 22.5 Å². The smallest absolute Gasteiger partial charge is 0.243 e. The van der Waals surface area contributed by atoms with Gasteiger partial charge in [-0.25, -0.2) is 13.4 Å². The summed E-state index contributed by atoms with van der Waals surface area (Å²) >= 11 is 0. The van der Waals surface area contributed by atoms with Gasteiger partial charge in [-0.15, -0.1) is 0 Å². The molecular weight excluding hydrogens is 370 g/mol. The van der Waals surface area contributed by atoms with Crippen LogP contribution in [0.25, 0.3) is 10.9 Å². The zero-order valence-corrected chi connectivity index (χ0v) is 16.8. The van der Waals surface area contributed by atoms with E-state index in [9.17, 15) is 8.42 Å². The standard InChI is InChI=1S/C22H25N3O2S/c1-17(18-7-3-2-4-8-18)16-23-22-12-9-19-15-20(10-11-21(19)24-22)28(26,27)25-13-5-6-14-25/h2-4,7-12,15,17H,5-6,13-14,16H2,1H3,(H,23,24). The lowest BCUT2D eigenvalue weighted by Crippen LogP contribution is -2.27. The Bertz CT molecular complexity index is 1060. The number of hydrogen-bond acceptors (Lipinski definition) is 4. The number of fused-ring (bicyclic) bond motifs is 1. The minimum absolute atomic E-state index is 0.349. The molecule has 3 aromatic rings. The van der Waals surface area contributed by atoms with Crippen LogP contribution in [0.15, 0.2) is 65.6 Å². The fraction of sp³-hybridized carbons (Fsp3) is 0.318. The molecule has 1 unspecified atom stereocenters. The highest BCUT2D eigenvalue weighted by molar-refractivity contribution is 7.89. The molecule has 2 aromatic carbocycles. The molecule has 28 heavy (non-hydrogen) atoms. The second kappa shape index (κ2) is 7.89.